The number of halogens is 1. The molecule has 0 spiro atoms. The lowest BCUT2D eigenvalue weighted by atomic mass is 9.82. The number of nitrogens with one attached hydrogen (secondary N) is 1. The van der Waals surface area contributed by atoms with Gasteiger partial charge in [-0.1, -0.05) is 26.7 Å². The third-order valence-electron chi connectivity index (χ3n) is 5.90. The minimum Gasteiger partial charge on any atom is -0.374 e. The topological polar surface area (TPSA) is 40.1 Å². The Morgan fingerprint density at radius 2 is 1.85 bits per heavy atom. The van der Waals surface area contributed by atoms with Crippen LogP contribution in [-0.2, 0) is 4.74 Å². The van der Waals surface area contributed by atoms with Gasteiger partial charge in [0.05, 0.1) is 19.3 Å². The van der Waals surface area contributed by atoms with E-state index >= 15 is 0 Å². The Morgan fingerprint density at radius 3 is 2.46 bits per heavy atom. The molecule has 0 amide bonds. The van der Waals surface area contributed by atoms with Crippen molar-refractivity contribution >= 4 is 29.9 Å². The minimum atomic E-state index is 0. The van der Waals surface area contributed by atoms with Crippen molar-refractivity contribution in [3.63, 3.8) is 0 Å². The lowest BCUT2D eigenvalue weighted by molar-refractivity contribution is -0.0262. The number of morpholine rings is 1. The lowest BCUT2D eigenvalue weighted by Gasteiger charge is -2.33. The first-order valence-corrected chi connectivity index (χ1v) is 10.5. The molecule has 0 bridgehead atoms. The van der Waals surface area contributed by atoms with E-state index in [2.05, 4.69) is 35.9 Å². The number of ether oxygens (including phenoxy) is 1. The predicted molar refractivity (Wildman–Crippen MR) is 119 cm³/mol. The van der Waals surface area contributed by atoms with E-state index in [4.69, 9.17) is 9.73 Å². The van der Waals surface area contributed by atoms with Gasteiger partial charge >= 0.3 is 0 Å². The molecule has 6 heteroatoms. The van der Waals surface area contributed by atoms with Gasteiger partial charge in [0.25, 0.3) is 0 Å². The molecule has 0 aromatic carbocycles. The summed E-state index contributed by atoms with van der Waals surface area (Å²) in [6.07, 6.45) is 5.91. The SMILES string of the molecule is CCNC(=NCC1CN(CC(C)C)CCO1)N1CC2CCCCC2C1.I. The van der Waals surface area contributed by atoms with E-state index < -0.39 is 0 Å². The van der Waals surface area contributed by atoms with Crippen LogP contribution in [0.5, 0.6) is 0 Å². The summed E-state index contributed by atoms with van der Waals surface area (Å²) in [6.45, 7) is 15.0. The summed E-state index contributed by atoms with van der Waals surface area (Å²) >= 11 is 0. The molecular weight excluding hydrogens is 439 g/mol. The number of hydrogen-bond acceptors (Lipinski definition) is 3. The molecule has 3 fully saturated rings. The van der Waals surface area contributed by atoms with Gasteiger partial charge in [-0.05, 0) is 37.5 Å². The van der Waals surface area contributed by atoms with Crippen LogP contribution in [0.1, 0.15) is 46.5 Å². The van der Waals surface area contributed by atoms with Crippen LogP contribution in [0.4, 0.5) is 0 Å². The molecule has 5 nitrogen and oxygen atoms in total. The van der Waals surface area contributed by atoms with Crippen molar-refractivity contribution in [3.05, 3.63) is 0 Å². The van der Waals surface area contributed by atoms with E-state index in [-0.39, 0.29) is 30.1 Å². The highest BCUT2D eigenvalue weighted by Crippen LogP contribution is 2.35. The molecule has 3 atom stereocenters. The largest absolute Gasteiger partial charge is 0.374 e. The average Bonchev–Trinajstić information content (AvgIpc) is 3.02. The van der Waals surface area contributed by atoms with E-state index in [9.17, 15) is 0 Å². The van der Waals surface area contributed by atoms with E-state index in [1.807, 2.05) is 0 Å². The van der Waals surface area contributed by atoms with Crippen molar-refractivity contribution in [2.45, 2.75) is 52.6 Å². The standard InChI is InChI=1S/C20H38N4O.HI/c1-4-21-20(24-13-17-7-5-6-8-18(17)14-24)22-11-19-15-23(9-10-25-19)12-16(2)3;/h16-19H,4-15H2,1-3H3,(H,21,22);1H. The first-order chi connectivity index (χ1) is 12.2. The van der Waals surface area contributed by atoms with Gasteiger partial charge < -0.3 is 15.0 Å². The normalized spacial score (nSPS) is 30.2. The van der Waals surface area contributed by atoms with E-state index in [1.165, 1.54) is 45.3 Å². The summed E-state index contributed by atoms with van der Waals surface area (Å²) < 4.78 is 5.98. The number of nitrogens with zero attached hydrogens (tertiary/aromatic N) is 3. The van der Waals surface area contributed by atoms with E-state index in [0.29, 0.717) is 5.92 Å². The zero-order valence-corrected chi connectivity index (χ0v) is 19.3. The summed E-state index contributed by atoms with van der Waals surface area (Å²) in [6, 6.07) is 0. The average molecular weight is 478 g/mol. The molecule has 2 saturated heterocycles. The summed E-state index contributed by atoms with van der Waals surface area (Å²) in [7, 11) is 0. The summed E-state index contributed by atoms with van der Waals surface area (Å²) in [5.41, 5.74) is 0. The smallest absolute Gasteiger partial charge is 0.194 e. The molecule has 2 aliphatic heterocycles. The molecule has 1 saturated carbocycles. The number of rotatable bonds is 5. The first-order valence-electron chi connectivity index (χ1n) is 10.5. The van der Waals surface area contributed by atoms with Gasteiger partial charge in [-0.25, -0.2) is 0 Å². The Hall–Kier alpha value is -0.0800. The monoisotopic (exact) mass is 478 g/mol. The fourth-order valence-corrected chi connectivity index (χ4v) is 4.77. The molecule has 3 aliphatic rings. The molecule has 152 valence electrons. The van der Waals surface area contributed by atoms with Gasteiger partial charge in [0, 0.05) is 39.3 Å². The Kier molecular flexibility index (Phi) is 9.44. The van der Waals surface area contributed by atoms with Crippen molar-refractivity contribution in [1.29, 1.82) is 0 Å². The Labute approximate surface area is 177 Å². The molecular formula is C20H39IN4O. The van der Waals surface area contributed by atoms with Crippen molar-refractivity contribution in [1.82, 2.24) is 15.1 Å². The van der Waals surface area contributed by atoms with Gasteiger partial charge in [-0.15, -0.1) is 24.0 Å². The highest BCUT2D eigenvalue weighted by molar-refractivity contribution is 14.0. The predicted octanol–water partition coefficient (Wildman–Crippen LogP) is 3.05. The van der Waals surface area contributed by atoms with Gasteiger partial charge in [-0.2, -0.15) is 0 Å². The van der Waals surface area contributed by atoms with Crippen LogP contribution in [0, 0.1) is 17.8 Å². The highest BCUT2D eigenvalue weighted by Gasteiger charge is 2.35. The second-order valence-electron chi connectivity index (χ2n) is 8.55. The maximum atomic E-state index is 5.98. The molecule has 2 heterocycles. The summed E-state index contributed by atoms with van der Waals surface area (Å²) in [4.78, 5) is 10.0. The van der Waals surface area contributed by atoms with E-state index in [0.717, 1.165) is 50.6 Å². The number of guanidine groups is 1. The van der Waals surface area contributed by atoms with Crippen LogP contribution in [0.25, 0.3) is 0 Å². The Bertz CT molecular complexity index is 432. The van der Waals surface area contributed by atoms with Crippen molar-refractivity contribution in [3.8, 4) is 0 Å². The summed E-state index contributed by atoms with van der Waals surface area (Å²) in [5, 5.41) is 3.52. The number of likely N-dealkylation sites (tertiary alicyclic amines) is 1. The van der Waals surface area contributed by atoms with E-state index in [1.54, 1.807) is 0 Å². The fourth-order valence-electron chi connectivity index (χ4n) is 4.77. The molecule has 0 radical (unpaired) electrons. The van der Waals surface area contributed by atoms with Crippen LogP contribution in [0.3, 0.4) is 0 Å². The van der Waals surface area contributed by atoms with Crippen molar-refractivity contribution < 1.29 is 4.74 Å². The fraction of sp³-hybridized carbons (Fsp3) is 0.950. The number of hydrogen-bond donors (Lipinski definition) is 1. The first kappa shape index (κ1) is 22.2. The minimum absolute atomic E-state index is 0. The van der Waals surface area contributed by atoms with Crippen LogP contribution < -0.4 is 5.32 Å². The Balaban J connectivity index is 0.00000243. The highest BCUT2D eigenvalue weighted by atomic mass is 127. The second kappa shape index (κ2) is 11.1. The maximum Gasteiger partial charge on any atom is 0.194 e. The Morgan fingerprint density at radius 1 is 1.15 bits per heavy atom. The maximum absolute atomic E-state index is 5.98. The van der Waals surface area contributed by atoms with Crippen LogP contribution in [0.15, 0.2) is 4.99 Å². The number of aliphatic imine (C=N–C) groups is 1. The van der Waals surface area contributed by atoms with Gasteiger partial charge in [0.1, 0.15) is 0 Å². The third kappa shape index (κ3) is 6.23. The molecule has 3 unspecified atom stereocenters. The molecule has 0 aromatic rings. The molecule has 1 N–H and O–H groups in total. The molecule has 0 aromatic heterocycles. The second-order valence-corrected chi connectivity index (χ2v) is 8.55. The quantitative estimate of drug-likeness (QED) is 0.375. The van der Waals surface area contributed by atoms with Gasteiger partial charge in [0.2, 0.25) is 0 Å². The van der Waals surface area contributed by atoms with Crippen molar-refractivity contribution in [2.75, 3.05) is 52.4 Å². The van der Waals surface area contributed by atoms with Gasteiger partial charge in [0.15, 0.2) is 5.96 Å². The zero-order valence-electron chi connectivity index (χ0n) is 17.0. The lowest BCUT2D eigenvalue weighted by Crippen LogP contribution is -2.46. The van der Waals surface area contributed by atoms with Crippen LogP contribution in [-0.4, -0.2) is 74.3 Å². The molecule has 1 aliphatic carbocycles. The third-order valence-corrected chi connectivity index (χ3v) is 5.90. The van der Waals surface area contributed by atoms with Crippen molar-refractivity contribution in [2.24, 2.45) is 22.7 Å². The van der Waals surface area contributed by atoms with Crippen LogP contribution in [0.2, 0.25) is 0 Å². The van der Waals surface area contributed by atoms with Crippen LogP contribution >= 0.6 is 24.0 Å². The van der Waals surface area contributed by atoms with Gasteiger partial charge in [-0.3, -0.25) is 9.89 Å². The molecule has 3 rings (SSSR count). The zero-order chi connectivity index (χ0) is 17.6. The molecule has 26 heavy (non-hydrogen) atoms. The summed E-state index contributed by atoms with van der Waals surface area (Å²) in [5.74, 6) is 3.61. The number of fused-ring (bicyclic) bond motifs is 1.